The van der Waals surface area contributed by atoms with Crippen LogP contribution in [0.4, 0.5) is 21.0 Å². The molecule has 0 unspecified atom stereocenters. The standard InChI is InChI=1S/C39H49FN6O7SSi/c1-7-14-29(21-23-53-55(39(2,3)4,30-15-10-8-11-16-30)31-17-12-9-13-18-31)41-36-34-33(42-37(43-36)44-38(47)52-6)35(40)45-46(34)26-28-20-19-27(25-32(28)51-5)22-24-54(48,49)50/h8-13,15-20,25,29H,7,14,21-24,26H2,1-6H3,(H,48,49,50)(H2,41,42,43,44,47)/t29-/m0/s1. The SMILES string of the molecule is CCC[C@@H](CCO[Si](c1ccccc1)(c1ccccc1)C(C)(C)C)Nc1nc(NC(=O)OC)nc2c(F)nn(Cc3ccc(CCS(=O)(=O)O)cc3OC)c12. The molecule has 0 bridgehead atoms. The molecule has 2 heterocycles. The molecule has 16 heteroatoms. The van der Waals surface area contributed by atoms with Gasteiger partial charge >= 0.3 is 6.09 Å². The normalized spacial score (nSPS) is 12.7. The monoisotopic (exact) mass is 792 g/mol. The van der Waals surface area contributed by atoms with E-state index in [0.717, 1.165) is 12.8 Å². The third-order valence-corrected chi connectivity index (χ3v) is 15.2. The van der Waals surface area contributed by atoms with Gasteiger partial charge in [0.25, 0.3) is 24.4 Å². The minimum atomic E-state index is -4.16. The van der Waals surface area contributed by atoms with Crippen molar-refractivity contribution in [2.45, 2.75) is 71.0 Å². The Morgan fingerprint density at radius 3 is 2.20 bits per heavy atom. The van der Waals surface area contributed by atoms with E-state index in [1.807, 2.05) is 36.4 Å². The van der Waals surface area contributed by atoms with Crippen LogP contribution in [0, 0.1) is 5.95 Å². The number of anilines is 2. The molecule has 5 rings (SSSR count). The van der Waals surface area contributed by atoms with E-state index >= 15 is 4.39 Å². The first kappa shape index (κ1) is 41.3. The fourth-order valence-electron chi connectivity index (χ4n) is 6.89. The number of carbonyl (C=O) groups excluding carboxylic acids is 1. The lowest BCUT2D eigenvalue weighted by atomic mass is 10.1. The third kappa shape index (κ3) is 9.86. The van der Waals surface area contributed by atoms with E-state index in [4.69, 9.17) is 13.9 Å². The third-order valence-electron chi connectivity index (χ3n) is 9.45. The fourth-order valence-corrected chi connectivity index (χ4v) is 12.0. The number of amides is 1. The van der Waals surface area contributed by atoms with Gasteiger partial charge in [0.05, 0.1) is 26.5 Å². The number of ether oxygens (including phenoxy) is 2. The molecule has 2 aromatic heterocycles. The smallest absolute Gasteiger partial charge is 0.413 e. The fraction of sp³-hybridized carbons (Fsp3) is 0.385. The molecule has 0 fully saturated rings. The van der Waals surface area contributed by atoms with Crippen LogP contribution < -0.4 is 25.7 Å². The molecule has 0 aliphatic rings. The van der Waals surface area contributed by atoms with E-state index in [1.54, 1.807) is 18.2 Å². The highest BCUT2D eigenvalue weighted by Crippen LogP contribution is 2.37. The molecule has 55 heavy (non-hydrogen) atoms. The first-order valence-electron chi connectivity index (χ1n) is 18.1. The van der Waals surface area contributed by atoms with E-state index in [9.17, 15) is 17.8 Å². The number of nitrogens with zero attached hydrogens (tertiary/aromatic N) is 4. The summed E-state index contributed by atoms with van der Waals surface area (Å²) >= 11 is 0. The zero-order valence-corrected chi connectivity index (χ0v) is 33.8. The molecule has 3 N–H and O–H groups in total. The first-order valence-corrected chi connectivity index (χ1v) is 21.6. The molecular formula is C39H49FN6O7SSi. The second-order valence-corrected chi connectivity index (χ2v) is 20.1. The second-order valence-electron chi connectivity index (χ2n) is 14.3. The Labute approximate surface area is 322 Å². The Balaban J connectivity index is 1.50. The average molecular weight is 793 g/mol. The van der Waals surface area contributed by atoms with Crippen molar-refractivity contribution in [3.8, 4) is 5.75 Å². The maximum Gasteiger partial charge on any atom is 0.413 e. The molecule has 0 spiro atoms. The molecule has 0 aliphatic carbocycles. The van der Waals surface area contributed by atoms with Crippen molar-refractivity contribution in [1.82, 2.24) is 19.7 Å². The summed E-state index contributed by atoms with van der Waals surface area (Å²) in [4.78, 5) is 21.1. The number of halogens is 1. The molecule has 13 nitrogen and oxygen atoms in total. The quantitative estimate of drug-likeness (QED) is 0.0727. The molecule has 294 valence electrons. The molecule has 0 aliphatic heterocycles. The number of hydrogen-bond acceptors (Lipinski definition) is 10. The van der Waals surface area contributed by atoms with Crippen LogP contribution in [-0.2, 0) is 32.2 Å². The summed E-state index contributed by atoms with van der Waals surface area (Å²) in [5.41, 5.74) is 1.39. The Morgan fingerprint density at radius 1 is 0.982 bits per heavy atom. The Hall–Kier alpha value is -4.90. The van der Waals surface area contributed by atoms with Gasteiger partial charge in [-0.1, -0.05) is 107 Å². The maximum absolute atomic E-state index is 15.7. The van der Waals surface area contributed by atoms with Gasteiger partial charge in [-0.3, -0.25) is 14.6 Å². The van der Waals surface area contributed by atoms with Crippen molar-refractivity contribution < 1.29 is 36.1 Å². The van der Waals surface area contributed by atoms with Crippen LogP contribution in [0.5, 0.6) is 5.75 Å². The number of fused-ring (bicyclic) bond motifs is 1. The molecule has 1 atom stereocenters. The van der Waals surface area contributed by atoms with Crippen molar-refractivity contribution in [1.29, 1.82) is 0 Å². The van der Waals surface area contributed by atoms with Gasteiger partial charge in [0, 0.05) is 18.2 Å². The molecule has 3 aromatic carbocycles. The van der Waals surface area contributed by atoms with Gasteiger partial charge in [0.15, 0.2) is 11.3 Å². The highest BCUT2D eigenvalue weighted by molar-refractivity contribution is 7.85. The number of aromatic nitrogens is 4. The minimum Gasteiger partial charge on any atom is -0.496 e. The summed E-state index contributed by atoms with van der Waals surface area (Å²) < 4.78 is 66.5. The molecule has 1 amide bonds. The Bertz CT molecular complexity index is 2140. The number of rotatable bonds is 17. The van der Waals surface area contributed by atoms with Crippen LogP contribution in [0.2, 0.25) is 5.04 Å². The number of methoxy groups -OCH3 is 2. The molecule has 0 saturated carbocycles. The van der Waals surface area contributed by atoms with Crippen molar-refractivity contribution in [2.75, 3.05) is 37.2 Å². The zero-order chi connectivity index (χ0) is 39.8. The second kappa shape index (κ2) is 17.7. The van der Waals surface area contributed by atoms with Crippen LogP contribution in [0.3, 0.4) is 0 Å². The van der Waals surface area contributed by atoms with E-state index in [0.29, 0.717) is 29.9 Å². The van der Waals surface area contributed by atoms with Gasteiger partial charge < -0.3 is 19.2 Å². The average Bonchev–Trinajstić information content (AvgIpc) is 3.47. The largest absolute Gasteiger partial charge is 0.496 e. The number of nitrogens with one attached hydrogen (secondary N) is 2. The maximum atomic E-state index is 15.7. The Morgan fingerprint density at radius 2 is 1.64 bits per heavy atom. The number of benzene rings is 3. The summed E-state index contributed by atoms with van der Waals surface area (Å²) in [5, 5.41) is 12.3. The minimum absolute atomic E-state index is 0.0411. The highest BCUT2D eigenvalue weighted by Gasteiger charge is 2.50. The summed E-state index contributed by atoms with van der Waals surface area (Å²) in [5.74, 6) is -0.819. The molecule has 0 saturated heterocycles. The lowest BCUT2D eigenvalue weighted by Gasteiger charge is -2.43. The molecule has 0 radical (unpaired) electrons. The highest BCUT2D eigenvalue weighted by atomic mass is 32.2. The van der Waals surface area contributed by atoms with Crippen molar-refractivity contribution >= 4 is 57.7 Å². The van der Waals surface area contributed by atoms with Gasteiger partial charge in [0.2, 0.25) is 5.95 Å². The van der Waals surface area contributed by atoms with Gasteiger partial charge in [-0.15, -0.1) is 5.10 Å². The number of aryl methyl sites for hydroxylation is 1. The van der Waals surface area contributed by atoms with E-state index in [1.165, 1.54) is 29.3 Å². The van der Waals surface area contributed by atoms with Crippen molar-refractivity contribution in [2.24, 2.45) is 0 Å². The van der Waals surface area contributed by atoms with Crippen LogP contribution in [0.1, 0.15) is 58.1 Å². The van der Waals surface area contributed by atoms with Crippen LogP contribution in [0.15, 0.2) is 78.9 Å². The topological polar surface area (TPSA) is 167 Å². The number of hydrogen-bond donors (Lipinski definition) is 3. The predicted octanol–water partition coefficient (Wildman–Crippen LogP) is 6.18. The van der Waals surface area contributed by atoms with Gasteiger partial charge in [-0.05, 0) is 46.3 Å². The summed E-state index contributed by atoms with van der Waals surface area (Å²) in [6, 6.07) is 25.7. The van der Waals surface area contributed by atoms with Crippen LogP contribution in [0.25, 0.3) is 11.0 Å². The lowest BCUT2D eigenvalue weighted by molar-refractivity contribution is 0.186. The predicted molar refractivity (Wildman–Crippen MR) is 214 cm³/mol. The molecular weight excluding hydrogens is 744 g/mol. The molecule has 5 aromatic rings. The Kier molecular flexibility index (Phi) is 13.3. The first-order chi connectivity index (χ1) is 26.2. The van der Waals surface area contributed by atoms with E-state index in [2.05, 4.69) is 77.7 Å². The van der Waals surface area contributed by atoms with E-state index in [-0.39, 0.29) is 46.8 Å². The summed E-state index contributed by atoms with van der Waals surface area (Å²) in [6.45, 7) is 9.22. The van der Waals surface area contributed by atoms with Gasteiger partial charge in [-0.2, -0.15) is 17.8 Å². The lowest BCUT2D eigenvalue weighted by Crippen LogP contribution is -2.66. The number of carbonyl (C=O) groups is 1. The van der Waals surface area contributed by atoms with E-state index < -0.39 is 36.2 Å². The van der Waals surface area contributed by atoms with Crippen molar-refractivity contribution in [3.63, 3.8) is 0 Å². The van der Waals surface area contributed by atoms with Crippen molar-refractivity contribution in [3.05, 3.63) is 95.9 Å². The van der Waals surface area contributed by atoms with Gasteiger partial charge in [0.1, 0.15) is 11.3 Å². The summed E-state index contributed by atoms with van der Waals surface area (Å²) in [6.07, 6.45) is 1.39. The van der Waals surface area contributed by atoms with Crippen LogP contribution >= 0.6 is 0 Å². The van der Waals surface area contributed by atoms with Crippen LogP contribution in [-0.4, -0.2) is 79.8 Å². The zero-order valence-electron chi connectivity index (χ0n) is 32.0. The summed E-state index contributed by atoms with van der Waals surface area (Å²) in [7, 11) is -4.30. The van der Waals surface area contributed by atoms with Gasteiger partial charge in [-0.25, -0.2) is 9.78 Å².